The average Bonchev–Trinajstić information content (AvgIpc) is 2.55. The second-order valence-electron chi connectivity index (χ2n) is 7.01. The van der Waals surface area contributed by atoms with Crippen LogP contribution in [0, 0.1) is 18.3 Å². The van der Waals surface area contributed by atoms with Crippen molar-refractivity contribution in [3.63, 3.8) is 0 Å². The summed E-state index contributed by atoms with van der Waals surface area (Å²) in [6.45, 7) is 9.34. The van der Waals surface area contributed by atoms with E-state index < -0.39 is 5.41 Å². The van der Waals surface area contributed by atoms with Gasteiger partial charge in [-0.25, -0.2) is 0 Å². The van der Waals surface area contributed by atoms with Crippen LogP contribution in [0.3, 0.4) is 0 Å². The molecule has 3 heteroatoms. The first-order valence-corrected chi connectivity index (χ1v) is 8.19. The number of rotatable bonds is 2. The van der Waals surface area contributed by atoms with Crippen molar-refractivity contribution in [1.82, 2.24) is 0 Å². The van der Waals surface area contributed by atoms with Crippen molar-refractivity contribution < 1.29 is 14.7 Å². The Kier molecular flexibility index (Phi) is 3.83. The summed E-state index contributed by atoms with van der Waals surface area (Å²) >= 11 is 0. The Morgan fingerprint density at radius 1 is 1.29 bits per heavy atom. The number of ketones is 2. The van der Waals surface area contributed by atoms with E-state index in [1.54, 1.807) is 19.1 Å². The van der Waals surface area contributed by atoms with Gasteiger partial charge in [0.15, 0.2) is 11.6 Å². The number of benzene rings is 1. The second kappa shape index (κ2) is 5.59. The molecule has 0 heterocycles. The molecular weight excluding hydrogens is 300 g/mol. The lowest BCUT2D eigenvalue weighted by Gasteiger charge is -2.47. The Balaban J connectivity index is 2.23. The van der Waals surface area contributed by atoms with E-state index in [0.717, 1.165) is 16.7 Å². The lowest BCUT2D eigenvalue weighted by atomic mass is 9.53. The topological polar surface area (TPSA) is 54.4 Å². The van der Waals surface area contributed by atoms with E-state index in [1.807, 2.05) is 32.1 Å². The molecule has 0 bridgehead atoms. The highest BCUT2D eigenvalue weighted by Crippen LogP contribution is 2.54. The van der Waals surface area contributed by atoms with Crippen molar-refractivity contribution in [3.05, 3.63) is 65.3 Å². The number of aryl methyl sites for hydroxylation is 1. The van der Waals surface area contributed by atoms with Crippen molar-refractivity contribution >= 4 is 11.6 Å². The summed E-state index contributed by atoms with van der Waals surface area (Å²) in [5.41, 5.74) is 2.37. The van der Waals surface area contributed by atoms with Gasteiger partial charge in [0, 0.05) is 11.8 Å². The van der Waals surface area contributed by atoms with Gasteiger partial charge < -0.3 is 5.11 Å². The number of fused-ring (bicyclic) bond motifs is 1. The molecule has 0 saturated heterocycles. The molecule has 124 valence electrons. The molecule has 0 saturated carbocycles. The third kappa shape index (κ3) is 2.19. The highest BCUT2D eigenvalue weighted by atomic mass is 16.3. The smallest absolute Gasteiger partial charge is 0.163 e. The van der Waals surface area contributed by atoms with Crippen LogP contribution in [0.5, 0.6) is 5.75 Å². The largest absolute Gasteiger partial charge is 0.508 e. The van der Waals surface area contributed by atoms with Gasteiger partial charge in [0.2, 0.25) is 0 Å². The maximum absolute atomic E-state index is 13.0. The number of carbonyl (C=O) groups excluding carboxylic acids is 2. The molecule has 0 amide bonds. The number of Topliss-reactive ketones (excluding diaryl/α,β-unsaturated/α-hetero) is 1. The summed E-state index contributed by atoms with van der Waals surface area (Å²) in [5.74, 6) is -0.321. The molecule has 3 nitrogen and oxygen atoms in total. The van der Waals surface area contributed by atoms with E-state index in [4.69, 9.17) is 0 Å². The van der Waals surface area contributed by atoms with Crippen molar-refractivity contribution in [3.8, 4) is 5.75 Å². The van der Waals surface area contributed by atoms with Crippen molar-refractivity contribution in [2.24, 2.45) is 11.3 Å². The molecule has 1 N–H and O–H groups in total. The van der Waals surface area contributed by atoms with Gasteiger partial charge in [0.1, 0.15) is 5.75 Å². The van der Waals surface area contributed by atoms with Crippen LogP contribution in [0.15, 0.2) is 54.2 Å². The van der Waals surface area contributed by atoms with Crippen LogP contribution in [0.4, 0.5) is 0 Å². The average molecular weight is 322 g/mol. The number of phenols is 1. The first kappa shape index (κ1) is 16.4. The standard InChI is InChI=1S/C21H22O3/c1-5-14-6-8-16-20(24)13(3)11-18(23)21(16,4)19(14)15-7-9-17(22)12(2)10-15/h5-7,9-11,16,19,22H,1,8H2,2-4H3. The predicted molar refractivity (Wildman–Crippen MR) is 93.8 cm³/mol. The molecule has 3 unspecified atom stereocenters. The fourth-order valence-corrected chi connectivity index (χ4v) is 4.15. The summed E-state index contributed by atoms with van der Waals surface area (Å²) in [6.07, 6.45) is 5.85. The molecule has 1 aromatic carbocycles. The molecule has 3 atom stereocenters. The van der Waals surface area contributed by atoms with Gasteiger partial charge in [-0.1, -0.05) is 37.8 Å². The fourth-order valence-electron chi connectivity index (χ4n) is 4.15. The third-order valence-electron chi connectivity index (χ3n) is 5.62. The van der Waals surface area contributed by atoms with Gasteiger partial charge in [-0.15, -0.1) is 0 Å². The summed E-state index contributed by atoms with van der Waals surface area (Å²) in [4.78, 5) is 25.7. The lowest BCUT2D eigenvalue weighted by molar-refractivity contribution is -0.137. The van der Waals surface area contributed by atoms with Crippen molar-refractivity contribution in [1.29, 1.82) is 0 Å². The minimum absolute atomic E-state index is 0.00669. The molecule has 24 heavy (non-hydrogen) atoms. The number of aromatic hydroxyl groups is 1. The first-order valence-electron chi connectivity index (χ1n) is 8.19. The monoisotopic (exact) mass is 322 g/mol. The first-order chi connectivity index (χ1) is 11.3. The van der Waals surface area contributed by atoms with E-state index >= 15 is 0 Å². The highest BCUT2D eigenvalue weighted by Gasteiger charge is 2.54. The highest BCUT2D eigenvalue weighted by molar-refractivity contribution is 6.13. The third-order valence-corrected chi connectivity index (χ3v) is 5.62. The number of hydrogen-bond acceptors (Lipinski definition) is 3. The summed E-state index contributed by atoms with van der Waals surface area (Å²) in [5, 5.41) is 9.83. The molecule has 0 spiro atoms. The molecule has 0 aliphatic heterocycles. The molecule has 1 aromatic rings. The summed E-state index contributed by atoms with van der Waals surface area (Å²) in [6, 6.07) is 5.38. The van der Waals surface area contributed by atoms with Gasteiger partial charge in [0.25, 0.3) is 0 Å². The van der Waals surface area contributed by atoms with E-state index in [1.165, 1.54) is 6.08 Å². The molecule has 0 radical (unpaired) electrons. The SMILES string of the molecule is C=CC1=CCC2C(=O)C(C)=CC(=O)C2(C)C1c1ccc(O)c(C)c1. The lowest BCUT2D eigenvalue weighted by Crippen LogP contribution is -2.49. The van der Waals surface area contributed by atoms with Gasteiger partial charge in [-0.3, -0.25) is 9.59 Å². The van der Waals surface area contributed by atoms with Crippen LogP contribution in [0.1, 0.15) is 37.3 Å². The Labute approximate surface area is 142 Å². The fraction of sp³-hybridized carbons (Fsp3) is 0.333. The van der Waals surface area contributed by atoms with Crippen molar-refractivity contribution in [2.45, 2.75) is 33.1 Å². The molecular formula is C21H22O3. The van der Waals surface area contributed by atoms with Gasteiger partial charge >= 0.3 is 0 Å². The van der Waals surface area contributed by atoms with Crippen LogP contribution in [0.2, 0.25) is 0 Å². The molecule has 0 fully saturated rings. The van der Waals surface area contributed by atoms with E-state index in [-0.39, 0.29) is 29.2 Å². The maximum Gasteiger partial charge on any atom is 0.163 e. The van der Waals surface area contributed by atoms with Crippen LogP contribution < -0.4 is 0 Å². The number of carbonyl (C=O) groups is 2. The maximum atomic E-state index is 13.0. The second-order valence-corrected chi connectivity index (χ2v) is 7.01. The zero-order chi connectivity index (χ0) is 17.6. The molecule has 3 rings (SSSR count). The van der Waals surface area contributed by atoms with Gasteiger partial charge in [-0.2, -0.15) is 0 Å². The Hall–Kier alpha value is -2.42. The van der Waals surface area contributed by atoms with Crippen molar-refractivity contribution in [2.75, 3.05) is 0 Å². The van der Waals surface area contributed by atoms with E-state index in [0.29, 0.717) is 12.0 Å². The molecule has 0 aromatic heterocycles. The normalized spacial score (nSPS) is 29.6. The van der Waals surface area contributed by atoms with E-state index in [2.05, 4.69) is 6.58 Å². The molecule has 2 aliphatic rings. The zero-order valence-electron chi connectivity index (χ0n) is 14.3. The molecule has 2 aliphatic carbocycles. The Morgan fingerprint density at radius 3 is 2.62 bits per heavy atom. The minimum atomic E-state index is -0.821. The van der Waals surface area contributed by atoms with Crippen LogP contribution in [-0.2, 0) is 9.59 Å². The summed E-state index contributed by atoms with van der Waals surface area (Å²) in [7, 11) is 0. The Bertz CT molecular complexity index is 812. The quantitative estimate of drug-likeness (QED) is 0.894. The number of hydrogen-bond donors (Lipinski definition) is 1. The van der Waals surface area contributed by atoms with Gasteiger partial charge in [-0.05, 0) is 54.7 Å². The number of phenolic OH excluding ortho intramolecular Hbond substituents is 1. The van der Waals surface area contributed by atoms with Crippen LogP contribution in [-0.4, -0.2) is 16.7 Å². The van der Waals surface area contributed by atoms with E-state index in [9.17, 15) is 14.7 Å². The predicted octanol–water partition coefficient (Wildman–Crippen LogP) is 4.02. The summed E-state index contributed by atoms with van der Waals surface area (Å²) < 4.78 is 0. The van der Waals surface area contributed by atoms with Crippen LogP contribution in [0.25, 0.3) is 0 Å². The minimum Gasteiger partial charge on any atom is -0.508 e. The zero-order valence-corrected chi connectivity index (χ0v) is 14.3. The Morgan fingerprint density at radius 2 is 2.00 bits per heavy atom. The van der Waals surface area contributed by atoms with Crippen LogP contribution >= 0.6 is 0 Å². The number of allylic oxidation sites excluding steroid dienone is 5. The van der Waals surface area contributed by atoms with Gasteiger partial charge in [0.05, 0.1) is 5.41 Å².